The Labute approximate surface area is 203 Å². The number of methoxy groups -OCH3 is 2. The van der Waals surface area contributed by atoms with Gasteiger partial charge < -0.3 is 14.5 Å². The van der Waals surface area contributed by atoms with Crippen molar-refractivity contribution in [1.82, 2.24) is 14.9 Å². The number of rotatable bonds is 5. The van der Waals surface area contributed by atoms with Gasteiger partial charge in [-0.3, -0.25) is 9.69 Å². The molecule has 1 fully saturated rings. The number of carbonyl (C=O) groups excluding carboxylic acids is 1. The Morgan fingerprint density at radius 3 is 2.34 bits per heavy atom. The molecule has 1 unspecified atom stereocenters. The van der Waals surface area contributed by atoms with Gasteiger partial charge in [0, 0.05) is 23.1 Å². The number of aromatic nitrogens is 1. The first-order valence-corrected chi connectivity index (χ1v) is 11.7. The summed E-state index contributed by atoms with van der Waals surface area (Å²) in [5.74, 6) is 1.56. The quantitative estimate of drug-likeness (QED) is 0.440. The van der Waals surface area contributed by atoms with Crippen molar-refractivity contribution in [3.05, 3.63) is 95.2 Å². The Morgan fingerprint density at radius 1 is 0.943 bits per heavy atom. The number of amides is 1. The molecule has 2 aliphatic rings. The lowest BCUT2D eigenvalue weighted by Crippen LogP contribution is -2.39. The van der Waals surface area contributed by atoms with Gasteiger partial charge in [0.15, 0.2) is 0 Å². The lowest BCUT2D eigenvalue weighted by molar-refractivity contribution is -0.130. The van der Waals surface area contributed by atoms with Crippen molar-refractivity contribution in [3.8, 4) is 11.5 Å². The average molecular weight is 467 g/mol. The van der Waals surface area contributed by atoms with Crippen LogP contribution in [-0.4, -0.2) is 47.3 Å². The lowest BCUT2D eigenvalue weighted by Gasteiger charge is -2.32. The molecule has 35 heavy (non-hydrogen) atoms. The Hall–Kier alpha value is -4.10. The smallest absolute Gasteiger partial charge is 0.262 e. The van der Waals surface area contributed by atoms with Crippen LogP contribution in [0.2, 0.25) is 0 Å². The summed E-state index contributed by atoms with van der Waals surface area (Å²) in [6.07, 6.45) is 2.08. The van der Waals surface area contributed by atoms with E-state index in [1.165, 1.54) is 10.9 Å². The van der Waals surface area contributed by atoms with Gasteiger partial charge in [-0.15, -0.1) is 0 Å². The van der Waals surface area contributed by atoms with Gasteiger partial charge in [-0.1, -0.05) is 30.3 Å². The van der Waals surface area contributed by atoms with Crippen molar-refractivity contribution in [2.75, 3.05) is 14.2 Å². The maximum atomic E-state index is 13.8. The maximum absolute atomic E-state index is 13.8. The number of benzene rings is 3. The SMILES string of the molecule is COc1ccc(/C=N/N2C(=O)[C@@H]3Cc4c([nH]c5ccccc45)CN3C2c2ccc(OC)cc2)cc1. The molecule has 1 N–H and O–H groups in total. The number of hydrogen-bond donors (Lipinski definition) is 1. The molecule has 7 nitrogen and oxygen atoms in total. The predicted octanol–water partition coefficient (Wildman–Crippen LogP) is 4.49. The molecule has 3 aromatic carbocycles. The summed E-state index contributed by atoms with van der Waals surface area (Å²) in [4.78, 5) is 19.6. The van der Waals surface area contributed by atoms with Crippen LogP contribution in [0.5, 0.6) is 11.5 Å². The monoisotopic (exact) mass is 466 g/mol. The number of aromatic amines is 1. The fraction of sp³-hybridized carbons (Fsp3) is 0.214. The van der Waals surface area contributed by atoms with E-state index in [4.69, 9.17) is 14.6 Å². The fourth-order valence-electron chi connectivity index (χ4n) is 5.17. The van der Waals surface area contributed by atoms with Crippen LogP contribution in [0.3, 0.4) is 0 Å². The normalized spacial score (nSPS) is 19.8. The van der Waals surface area contributed by atoms with Gasteiger partial charge in [0.25, 0.3) is 5.91 Å². The van der Waals surface area contributed by atoms with Gasteiger partial charge in [-0.2, -0.15) is 5.10 Å². The molecule has 4 aromatic rings. The van der Waals surface area contributed by atoms with Gasteiger partial charge in [0.05, 0.1) is 26.5 Å². The van der Waals surface area contributed by atoms with E-state index < -0.39 is 0 Å². The largest absolute Gasteiger partial charge is 0.497 e. The van der Waals surface area contributed by atoms with Crippen LogP contribution in [0.4, 0.5) is 0 Å². The molecular formula is C28H26N4O3. The third-order valence-electron chi connectivity index (χ3n) is 6.96. The molecular weight excluding hydrogens is 440 g/mol. The van der Waals surface area contributed by atoms with Crippen molar-refractivity contribution in [1.29, 1.82) is 0 Å². The molecule has 0 saturated carbocycles. The Kier molecular flexibility index (Phi) is 5.26. The van der Waals surface area contributed by atoms with Gasteiger partial charge in [-0.25, -0.2) is 5.01 Å². The second-order valence-corrected chi connectivity index (χ2v) is 8.87. The van der Waals surface area contributed by atoms with E-state index in [9.17, 15) is 4.79 Å². The van der Waals surface area contributed by atoms with E-state index in [2.05, 4.69) is 22.0 Å². The minimum atomic E-state index is -0.313. The molecule has 2 aliphatic heterocycles. The van der Waals surface area contributed by atoms with Crippen LogP contribution < -0.4 is 9.47 Å². The van der Waals surface area contributed by atoms with Crippen molar-refractivity contribution < 1.29 is 14.3 Å². The highest BCUT2D eigenvalue weighted by atomic mass is 16.5. The second-order valence-electron chi connectivity index (χ2n) is 8.87. The third-order valence-corrected chi connectivity index (χ3v) is 6.96. The number of carbonyl (C=O) groups is 1. The maximum Gasteiger partial charge on any atom is 0.262 e. The number of para-hydroxylation sites is 1. The molecule has 3 heterocycles. The van der Waals surface area contributed by atoms with Crippen LogP contribution in [0.25, 0.3) is 10.9 Å². The number of nitrogens with one attached hydrogen (secondary N) is 1. The van der Waals surface area contributed by atoms with Gasteiger partial charge in [0.2, 0.25) is 0 Å². The Morgan fingerprint density at radius 2 is 1.63 bits per heavy atom. The molecule has 7 heteroatoms. The topological polar surface area (TPSA) is 70.2 Å². The molecule has 1 amide bonds. The second kappa shape index (κ2) is 8.60. The first kappa shape index (κ1) is 21.4. The first-order chi connectivity index (χ1) is 17.2. The minimum Gasteiger partial charge on any atom is -0.497 e. The summed E-state index contributed by atoms with van der Waals surface area (Å²) in [6.45, 7) is 0.645. The number of hydrazone groups is 1. The molecule has 1 aromatic heterocycles. The molecule has 0 radical (unpaired) electrons. The van der Waals surface area contributed by atoms with Crippen LogP contribution in [-0.2, 0) is 17.8 Å². The summed E-state index contributed by atoms with van der Waals surface area (Å²) in [7, 11) is 3.29. The lowest BCUT2D eigenvalue weighted by atomic mass is 9.97. The minimum absolute atomic E-state index is 0.00603. The van der Waals surface area contributed by atoms with Crippen molar-refractivity contribution in [2.24, 2.45) is 5.10 Å². The fourth-order valence-corrected chi connectivity index (χ4v) is 5.17. The van der Waals surface area contributed by atoms with Crippen molar-refractivity contribution in [2.45, 2.75) is 25.2 Å². The number of ether oxygens (including phenoxy) is 2. The van der Waals surface area contributed by atoms with Crippen LogP contribution in [0.15, 0.2) is 77.9 Å². The molecule has 0 bridgehead atoms. The molecule has 0 aliphatic carbocycles. The summed E-state index contributed by atoms with van der Waals surface area (Å²) in [5, 5.41) is 7.52. The van der Waals surface area contributed by atoms with Crippen LogP contribution >= 0.6 is 0 Å². The highest BCUT2D eigenvalue weighted by Gasteiger charge is 2.49. The zero-order valence-corrected chi connectivity index (χ0v) is 19.6. The summed E-state index contributed by atoms with van der Waals surface area (Å²) >= 11 is 0. The summed E-state index contributed by atoms with van der Waals surface area (Å²) in [6, 6.07) is 23.5. The van der Waals surface area contributed by atoms with Gasteiger partial charge in [-0.05, 0) is 65.6 Å². The predicted molar refractivity (Wildman–Crippen MR) is 135 cm³/mol. The number of hydrogen-bond acceptors (Lipinski definition) is 5. The third kappa shape index (κ3) is 3.65. The summed E-state index contributed by atoms with van der Waals surface area (Å²) < 4.78 is 10.6. The van der Waals surface area contributed by atoms with E-state index in [0.29, 0.717) is 13.0 Å². The van der Waals surface area contributed by atoms with E-state index >= 15 is 0 Å². The van der Waals surface area contributed by atoms with Crippen molar-refractivity contribution >= 4 is 23.0 Å². The first-order valence-electron chi connectivity index (χ1n) is 11.7. The molecule has 2 atom stereocenters. The van der Waals surface area contributed by atoms with E-state index in [1.807, 2.05) is 60.7 Å². The van der Waals surface area contributed by atoms with Gasteiger partial charge in [0.1, 0.15) is 17.7 Å². The molecule has 6 rings (SSSR count). The van der Waals surface area contributed by atoms with E-state index in [-0.39, 0.29) is 18.1 Å². The Bertz CT molecular complexity index is 1410. The highest BCUT2D eigenvalue weighted by Crippen LogP contribution is 2.42. The number of fused-ring (bicyclic) bond motifs is 4. The number of H-pyrrole nitrogens is 1. The Balaban J connectivity index is 1.39. The van der Waals surface area contributed by atoms with E-state index in [1.54, 1.807) is 25.4 Å². The highest BCUT2D eigenvalue weighted by molar-refractivity contribution is 5.90. The molecule has 1 saturated heterocycles. The van der Waals surface area contributed by atoms with Crippen molar-refractivity contribution in [3.63, 3.8) is 0 Å². The zero-order chi connectivity index (χ0) is 23.9. The van der Waals surface area contributed by atoms with Crippen LogP contribution in [0.1, 0.15) is 28.6 Å². The average Bonchev–Trinajstić information content (AvgIpc) is 3.40. The standard InChI is InChI=1S/C28H26N4O3/c1-34-20-11-7-18(8-12-20)16-29-32-27(19-9-13-21(35-2)14-10-19)31-17-25-23(15-26(31)28(32)33)22-5-3-4-6-24(22)30-25/h3-14,16,26-27,30H,15,17H2,1-2H3/b29-16+/t26-,27?/m0/s1. The van der Waals surface area contributed by atoms with Gasteiger partial charge >= 0.3 is 0 Å². The zero-order valence-electron chi connectivity index (χ0n) is 19.6. The van der Waals surface area contributed by atoms with Crippen LogP contribution in [0, 0.1) is 0 Å². The molecule has 176 valence electrons. The van der Waals surface area contributed by atoms with E-state index in [0.717, 1.165) is 33.8 Å². The molecule has 0 spiro atoms. The number of nitrogens with zero attached hydrogens (tertiary/aromatic N) is 3. The summed E-state index contributed by atoms with van der Waals surface area (Å²) in [5.41, 5.74) is 5.39.